The van der Waals surface area contributed by atoms with Crippen LogP contribution in [0.15, 0.2) is 53.9 Å². The van der Waals surface area contributed by atoms with E-state index < -0.39 is 31.3 Å². The third-order valence-electron chi connectivity index (χ3n) is 6.20. The van der Waals surface area contributed by atoms with E-state index >= 15 is 0 Å². The molecule has 0 aliphatic heterocycles. The molecule has 1 aliphatic rings. The molecule has 0 atom stereocenters. The van der Waals surface area contributed by atoms with Crippen LogP contribution in [-0.4, -0.2) is 62.6 Å². The summed E-state index contributed by atoms with van der Waals surface area (Å²) in [6, 6.07) is 14.1. The number of hydrogen-bond donors (Lipinski definition) is 6. The molecular weight excluding hydrogens is 506 g/mol. The monoisotopic (exact) mass is 539 g/mol. The largest absolute Gasteiger partial charge is 0.478 e. The van der Waals surface area contributed by atoms with Gasteiger partial charge in [0.15, 0.2) is 0 Å². The summed E-state index contributed by atoms with van der Waals surface area (Å²) in [6.45, 7) is -1.21. The second-order valence-electron chi connectivity index (χ2n) is 9.22. The van der Waals surface area contributed by atoms with Crippen LogP contribution < -0.4 is 11.1 Å². The van der Waals surface area contributed by atoms with Gasteiger partial charge in [-0.3, -0.25) is 4.79 Å². The molecule has 0 spiro atoms. The molecule has 9 nitrogen and oxygen atoms in total. The summed E-state index contributed by atoms with van der Waals surface area (Å²) < 4.78 is 0. The summed E-state index contributed by atoms with van der Waals surface area (Å²) in [5.41, 5.74) is 7.41. The molecule has 1 aliphatic carbocycles. The Bertz CT molecular complexity index is 1240. The van der Waals surface area contributed by atoms with Crippen molar-refractivity contribution in [2.75, 3.05) is 25.1 Å². The Labute approximate surface area is 225 Å². The molecule has 1 fully saturated rings. The Morgan fingerprint density at radius 3 is 2.37 bits per heavy atom. The lowest BCUT2D eigenvalue weighted by molar-refractivity contribution is -0.115. The highest BCUT2D eigenvalue weighted by Gasteiger charge is 2.22. The van der Waals surface area contributed by atoms with E-state index in [-0.39, 0.29) is 17.9 Å². The van der Waals surface area contributed by atoms with Crippen LogP contribution in [0.25, 0.3) is 12.2 Å². The van der Waals surface area contributed by atoms with Crippen LogP contribution in [-0.2, 0) is 11.2 Å². The van der Waals surface area contributed by atoms with Gasteiger partial charge < -0.3 is 31.5 Å². The van der Waals surface area contributed by atoms with Crippen molar-refractivity contribution >= 4 is 41.1 Å². The summed E-state index contributed by atoms with van der Waals surface area (Å²) in [5, 5.41) is 40.3. The van der Waals surface area contributed by atoms with Crippen LogP contribution in [0.4, 0.5) is 5.69 Å². The van der Waals surface area contributed by atoms with Crippen molar-refractivity contribution in [3.05, 3.63) is 81.3 Å². The number of nitrogens with one attached hydrogen (secondary N) is 1. The van der Waals surface area contributed by atoms with E-state index in [1.165, 1.54) is 31.0 Å². The fourth-order valence-corrected chi connectivity index (χ4v) is 4.36. The lowest BCUT2D eigenvalue weighted by atomic mass is 9.83. The topological polar surface area (TPSA) is 166 Å². The van der Waals surface area contributed by atoms with E-state index in [1.807, 2.05) is 36.4 Å². The zero-order valence-electron chi connectivity index (χ0n) is 20.9. The average molecular weight is 540 g/mol. The standard InChI is InChI=1S/C24H22N2O3S.C4H11NO3/c27-22(14-18-6-1-2-10-20(18)24(28)29)25-19-9-3-5-16(13-19)11-12-23-26-21(15-30-23)17-7-4-8-17;5-4(1-6,2-7)3-8/h1-3,5-6,9-13,15,17H,4,7-8,14H2,(H,25,27)(H,28,29);6-8H,1-3,5H2. The molecule has 1 heterocycles. The van der Waals surface area contributed by atoms with Gasteiger partial charge in [-0.25, -0.2) is 9.78 Å². The number of carboxylic acids is 1. The van der Waals surface area contributed by atoms with Gasteiger partial charge in [-0.1, -0.05) is 42.8 Å². The quantitative estimate of drug-likeness (QED) is 0.229. The third-order valence-corrected chi connectivity index (χ3v) is 7.02. The fraction of sp³-hybridized carbons (Fsp3) is 0.321. The van der Waals surface area contributed by atoms with Gasteiger partial charge in [0.25, 0.3) is 0 Å². The lowest BCUT2D eigenvalue weighted by Crippen LogP contribution is -2.50. The molecule has 0 saturated heterocycles. The molecule has 202 valence electrons. The number of nitrogens with two attached hydrogens (primary N) is 1. The van der Waals surface area contributed by atoms with Gasteiger partial charge >= 0.3 is 5.97 Å². The predicted molar refractivity (Wildman–Crippen MR) is 148 cm³/mol. The van der Waals surface area contributed by atoms with Crippen molar-refractivity contribution in [2.45, 2.75) is 37.1 Å². The average Bonchev–Trinajstić information content (AvgIpc) is 3.35. The smallest absolute Gasteiger partial charge is 0.335 e. The molecule has 0 bridgehead atoms. The van der Waals surface area contributed by atoms with Crippen molar-refractivity contribution in [2.24, 2.45) is 5.73 Å². The summed E-state index contributed by atoms with van der Waals surface area (Å²) in [4.78, 5) is 28.4. The van der Waals surface area contributed by atoms with E-state index in [4.69, 9.17) is 26.0 Å². The highest BCUT2D eigenvalue weighted by molar-refractivity contribution is 7.10. The molecule has 4 rings (SSSR count). The molecule has 10 heteroatoms. The SMILES string of the molecule is NC(CO)(CO)CO.O=C(Cc1ccccc1C(=O)O)Nc1cccc(C=Cc2nc(C3CCC3)cs2)c1. The number of benzene rings is 2. The number of amides is 1. The van der Waals surface area contributed by atoms with Crippen LogP contribution in [0.5, 0.6) is 0 Å². The number of aromatic nitrogens is 1. The van der Waals surface area contributed by atoms with Crippen LogP contribution in [0.2, 0.25) is 0 Å². The van der Waals surface area contributed by atoms with E-state index in [1.54, 1.807) is 29.5 Å². The Hall–Kier alpha value is -3.41. The normalized spacial score (nSPS) is 13.5. The minimum Gasteiger partial charge on any atom is -0.478 e. The number of aliphatic hydroxyl groups excluding tert-OH is 3. The molecule has 0 unspecified atom stereocenters. The van der Waals surface area contributed by atoms with Crippen LogP contribution in [0, 0.1) is 0 Å². The number of aliphatic hydroxyl groups is 3. The fourth-order valence-electron chi connectivity index (χ4n) is 3.57. The molecule has 1 aromatic heterocycles. The van der Waals surface area contributed by atoms with Crippen molar-refractivity contribution in [3.8, 4) is 0 Å². The van der Waals surface area contributed by atoms with E-state index in [2.05, 4.69) is 10.7 Å². The van der Waals surface area contributed by atoms with Gasteiger partial charge in [0.2, 0.25) is 5.91 Å². The van der Waals surface area contributed by atoms with Crippen molar-refractivity contribution in [1.82, 2.24) is 4.98 Å². The molecular formula is C28H33N3O6S. The summed E-state index contributed by atoms with van der Waals surface area (Å²) >= 11 is 1.65. The van der Waals surface area contributed by atoms with Crippen LogP contribution in [0.3, 0.4) is 0 Å². The second kappa shape index (κ2) is 13.9. The molecule has 1 amide bonds. The zero-order valence-corrected chi connectivity index (χ0v) is 21.7. The Balaban J connectivity index is 0.000000436. The number of hydrogen-bond acceptors (Lipinski definition) is 8. The number of carboxylic acid groups (broad SMARTS) is 1. The lowest BCUT2D eigenvalue weighted by Gasteiger charge is -2.22. The number of anilines is 1. The van der Waals surface area contributed by atoms with E-state index in [0.29, 0.717) is 17.2 Å². The minimum atomic E-state index is -1.21. The number of carbonyl (C=O) groups excluding carboxylic acids is 1. The molecule has 2 aromatic carbocycles. The number of thiazole rings is 1. The van der Waals surface area contributed by atoms with Crippen LogP contribution >= 0.6 is 11.3 Å². The van der Waals surface area contributed by atoms with Gasteiger partial charge in [0.1, 0.15) is 5.01 Å². The molecule has 3 aromatic rings. The van der Waals surface area contributed by atoms with Crippen molar-refractivity contribution in [3.63, 3.8) is 0 Å². The maximum Gasteiger partial charge on any atom is 0.335 e. The van der Waals surface area contributed by atoms with Crippen LogP contribution in [0.1, 0.15) is 57.4 Å². The van der Waals surface area contributed by atoms with Gasteiger partial charge in [-0.2, -0.15) is 0 Å². The molecule has 38 heavy (non-hydrogen) atoms. The summed E-state index contributed by atoms with van der Waals surface area (Å²) in [7, 11) is 0. The first kappa shape index (κ1) is 29.2. The second-order valence-corrected chi connectivity index (χ2v) is 10.1. The summed E-state index contributed by atoms with van der Waals surface area (Å²) in [5.74, 6) is -0.656. The zero-order chi connectivity index (χ0) is 27.5. The molecule has 0 radical (unpaired) electrons. The third kappa shape index (κ3) is 8.30. The number of nitrogens with zero attached hydrogens (tertiary/aromatic N) is 1. The number of carbonyl (C=O) groups is 2. The minimum absolute atomic E-state index is 0.00555. The van der Waals surface area contributed by atoms with Gasteiger partial charge in [0.05, 0.1) is 43.0 Å². The van der Waals surface area contributed by atoms with Gasteiger partial charge in [-0.05, 0) is 48.2 Å². The first-order valence-corrected chi connectivity index (χ1v) is 13.1. The van der Waals surface area contributed by atoms with Crippen molar-refractivity contribution in [1.29, 1.82) is 0 Å². The maximum atomic E-state index is 12.4. The Kier molecular flexibility index (Phi) is 10.7. The van der Waals surface area contributed by atoms with Gasteiger partial charge in [-0.15, -0.1) is 11.3 Å². The summed E-state index contributed by atoms with van der Waals surface area (Å²) in [6.07, 6.45) is 7.77. The first-order chi connectivity index (χ1) is 18.3. The number of rotatable bonds is 10. The highest BCUT2D eigenvalue weighted by Crippen LogP contribution is 2.36. The van der Waals surface area contributed by atoms with Gasteiger partial charge in [0, 0.05) is 17.0 Å². The molecule has 1 saturated carbocycles. The van der Waals surface area contributed by atoms with E-state index in [0.717, 1.165) is 10.6 Å². The highest BCUT2D eigenvalue weighted by atomic mass is 32.1. The Morgan fingerprint density at radius 1 is 1.05 bits per heavy atom. The van der Waals surface area contributed by atoms with Crippen molar-refractivity contribution < 1.29 is 30.0 Å². The Morgan fingerprint density at radius 2 is 1.76 bits per heavy atom. The number of aromatic carboxylic acids is 1. The first-order valence-electron chi connectivity index (χ1n) is 12.2. The maximum absolute atomic E-state index is 12.4. The predicted octanol–water partition coefficient (Wildman–Crippen LogP) is 3.12. The molecule has 7 N–H and O–H groups in total. The van der Waals surface area contributed by atoms with E-state index in [9.17, 15) is 14.7 Å².